The number of ether oxygens (including phenoxy) is 1. The van der Waals surface area contributed by atoms with E-state index in [1.54, 1.807) is 29.0 Å². The van der Waals surface area contributed by atoms with Gasteiger partial charge in [-0.15, -0.1) is 0 Å². The van der Waals surface area contributed by atoms with Crippen molar-refractivity contribution < 1.29 is 14.3 Å². The van der Waals surface area contributed by atoms with Crippen LogP contribution in [-0.4, -0.2) is 62.2 Å². The second-order valence-corrected chi connectivity index (χ2v) is 8.99. The number of amides is 2. The summed E-state index contributed by atoms with van der Waals surface area (Å²) in [7, 11) is 5.67. The van der Waals surface area contributed by atoms with Crippen LogP contribution in [0.1, 0.15) is 47.3 Å². The number of aryl methyl sites for hydroxylation is 1. The number of aromatic amines is 1. The smallest absolute Gasteiger partial charge is 0.411 e. The van der Waals surface area contributed by atoms with Crippen LogP contribution in [0.15, 0.2) is 42.9 Å². The molecule has 1 aliphatic heterocycles. The Morgan fingerprint density at radius 1 is 1.27 bits per heavy atom. The average Bonchev–Trinajstić information content (AvgIpc) is 3.44. The van der Waals surface area contributed by atoms with Crippen molar-refractivity contribution in [3.05, 3.63) is 65.4 Å². The molecule has 10 nitrogen and oxygen atoms in total. The van der Waals surface area contributed by atoms with Crippen molar-refractivity contribution in [3.8, 4) is 0 Å². The van der Waals surface area contributed by atoms with Crippen LogP contribution in [0, 0.1) is 0 Å². The third kappa shape index (κ3) is 4.47. The van der Waals surface area contributed by atoms with Crippen LogP contribution in [0.2, 0.25) is 0 Å². The zero-order valence-electron chi connectivity index (χ0n) is 19.5. The summed E-state index contributed by atoms with van der Waals surface area (Å²) in [5, 5.41) is 10.1. The van der Waals surface area contributed by atoms with Crippen molar-refractivity contribution in [1.29, 1.82) is 0 Å². The van der Waals surface area contributed by atoms with E-state index in [0.29, 0.717) is 12.4 Å². The van der Waals surface area contributed by atoms with E-state index < -0.39 is 17.7 Å². The molecular formula is C23H29N7O3. The largest absolute Gasteiger partial charge is 0.440 e. The van der Waals surface area contributed by atoms with Crippen molar-refractivity contribution in [2.75, 3.05) is 26.0 Å². The van der Waals surface area contributed by atoms with Gasteiger partial charge in [-0.2, -0.15) is 5.10 Å². The first-order valence-electron chi connectivity index (χ1n) is 10.7. The molecule has 2 N–H and O–H groups in total. The van der Waals surface area contributed by atoms with Gasteiger partial charge in [-0.3, -0.25) is 14.8 Å². The number of nitrogens with zero attached hydrogens (tertiary/aromatic N) is 5. The lowest BCUT2D eigenvalue weighted by atomic mass is 10.0. The number of benzene rings is 1. The van der Waals surface area contributed by atoms with Gasteiger partial charge in [0.1, 0.15) is 11.8 Å². The van der Waals surface area contributed by atoms with Gasteiger partial charge < -0.3 is 19.5 Å². The molecule has 1 atom stereocenters. The molecule has 2 amide bonds. The predicted molar refractivity (Wildman–Crippen MR) is 123 cm³/mol. The van der Waals surface area contributed by atoms with Crippen LogP contribution >= 0.6 is 0 Å². The number of carbonyl (C=O) groups is 2. The number of nitrogens with one attached hydrogen (secondary N) is 2. The Kier molecular flexibility index (Phi) is 5.94. The Morgan fingerprint density at radius 3 is 2.64 bits per heavy atom. The standard InChI is InChI=1S/C23H29N7O3/c1-23(2)19-16(20(27-26-19)25-21(31)17-12-29(5)14-24-17)11-30(23)22(32)33-18(13-28(3)4)15-9-7-6-8-10-15/h6-10,12,14,18H,11,13H2,1-5H3,(H2,25,26,27,31). The van der Waals surface area contributed by atoms with Crippen molar-refractivity contribution >= 4 is 17.8 Å². The van der Waals surface area contributed by atoms with Gasteiger partial charge in [0.15, 0.2) is 5.82 Å². The predicted octanol–water partition coefficient (Wildman–Crippen LogP) is 2.89. The number of rotatable bonds is 6. The van der Waals surface area contributed by atoms with E-state index in [2.05, 4.69) is 20.5 Å². The molecule has 1 aliphatic rings. The van der Waals surface area contributed by atoms with E-state index in [4.69, 9.17) is 4.74 Å². The number of hydrogen-bond acceptors (Lipinski definition) is 6. The Balaban J connectivity index is 1.52. The number of carbonyl (C=O) groups excluding carboxylic acids is 2. The summed E-state index contributed by atoms with van der Waals surface area (Å²) >= 11 is 0. The Morgan fingerprint density at radius 2 is 2.00 bits per heavy atom. The quantitative estimate of drug-likeness (QED) is 0.597. The molecule has 1 unspecified atom stereocenters. The number of anilines is 1. The molecule has 0 spiro atoms. The molecule has 33 heavy (non-hydrogen) atoms. The zero-order chi connectivity index (χ0) is 23.8. The third-order valence-corrected chi connectivity index (χ3v) is 5.81. The maximum absolute atomic E-state index is 13.3. The van der Waals surface area contributed by atoms with Crippen molar-refractivity contribution in [1.82, 2.24) is 29.5 Å². The lowest BCUT2D eigenvalue weighted by molar-refractivity contribution is 0.0259. The first-order chi connectivity index (χ1) is 15.7. The van der Waals surface area contributed by atoms with Crippen LogP contribution in [0.4, 0.5) is 10.6 Å². The summed E-state index contributed by atoms with van der Waals surface area (Å²) in [6, 6.07) is 9.70. The normalized spacial score (nSPS) is 15.4. The van der Waals surface area contributed by atoms with E-state index in [0.717, 1.165) is 16.8 Å². The summed E-state index contributed by atoms with van der Waals surface area (Å²) in [5.41, 5.74) is 2.05. The summed E-state index contributed by atoms with van der Waals surface area (Å²) in [4.78, 5) is 33.6. The lowest BCUT2D eigenvalue weighted by Gasteiger charge is -2.33. The van der Waals surface area contributed by atoms with Crippen molar-refractivity contribution in [2.45, 2.75) is 32.0 Å². The highest BCUT2D eigenvalue weighted by atomic mass is 16.6. The maximum Gasteiger partial charge on any atom is 0.411 e. The number of fused-ring (bicyclic) bond motifs is 1. The van der Waals surface area contributed by atoms with Gasteiger partial charge in [0.2, 0.25) is 0 Å². The molecule has 2 aromatic heterocycles. The van der Waals surface area contributed by atoms with Gasteiger partial charge in [-0.05, 0) is 33.5 Å². The molecule has 0 radical (unpaired) electrons. The fourth-order valence-corrected chi connectivity index (χ4v) is 4.01. The van der Waals surface area contributed by atoms with Gasteiger partial charge >= 0.3 is 6.09 Å². The molecule has 4 rings (SSSR count). The van der Waals surface area contributed by atoms with Gasteiger partial charge in [0, 0.05) is 25.4 Å². The van der Waals surface area contributed by atoms with Crippen molar-refractivity contribution in [2.24, 2.45) is 7.05 Å². The summed E-state index contributed by atoms with van der Waals surface area (Å²) in [5.74, 6) is 0.0239. The van der Waals surface area contributed by atoms with E-state index >= 15 is 0 Å². The first-order valence-corrected chi connectivity index (χ1v) is 10.7. The molecule has 3 heterocycles. The monoisotopic (exact) mass is 451 g/mol. The minimum Gasteiger partial charge on any atom is -0.440 e. The molecule has 0 aliphatic carbocycles. The molecular weight excluding hydrogens is 422 g/mol. The number of H-pyrrole nitrogens is 1. The fraction of sp³-hybridized carbons (Fsp3) is 0.391. The van der Waals surface area contributed by atoms with Crippen LogP contribution in [-0.2, 0) is 23.9 Å². The van der Waals surface area contributed by atoms with E-state index in [9.17, 15) is 9.59 Å². The molecule has 3 aromatic rings. The molecule has 0 saturated carbocycles. The van der Waals surface area contributed by atoms with Crippen molar-refractivity contribution in [3.63, 3.8) is 0 Å². The first kappa shape index (κ1) is 22.5. The highest BCUT2D eigenvalue weighted by Crippen LogP contribution is 2.41. The Labute approximate surface area is 192 Å². The summed E-state index contributed by atoms with van der Waals surface area (Å²) < 4.78 is 7.67. The second kappa shape index (κ2) is 8.70. The minimum atomic E-state index is -0.688. The molecule has 1 aromatic carbocycles. The van der Waals surface area contributed by atoms with E-state index in [-0.39, 0.29) is 18.1 Å². The van der Waals surface area contributed by atoms with Gasteiger partial charge in [-0.25, -0.2) is 9.78 Å². The van der Waals surface area contributed by atoms with E-state index in [1.165, 1.54) is 0 Å². The number of likely N-dealkylation sites (N-methyl/N-ethyl adjacent to an activating group) is 1. The van der Waals surface area contributed by atoms with Gasteiger partial charge in [0.05, 0.1) is 24.1 Å². The third-order valence-electron chi connectivity index (χ3n) is 5.81. The number of aromatic nitrogens is 4. The molecule has 174 valence electrons. The summed E-state index contributed by atoms with van der Waals surface area (Å²) in [6.07, 6.45) is 2.35. The molecule has 0 saturated heterocycles. The van der Waals surface area contributed by atoms with Crippen LogP contribution < -0.4 is 5.32 Å². The number of imidazole rings is 1. The van der Waals surface area contributed by atoms with Crippen LogP contribution in [0.3, 0.4) is 0 Å². The average molecular weight is 452 g/mol. The highest BCUT2D eigenvalue weighted by molar-refractivity contribution is 6.02. The zero-order valence-corrected chi connectivity index (χ0v) is 19.5. The van der Waals surface area contributed by atoms with Gasteiger partial charge in [0.25, 0.3) is 5.91 Å². The topological polar surface area (TPSA) is 108 Å². The van der Waals surface area contributed by atoms with Crippen LogP contribution in [0.25, 0.3) is 0 Å². The Bertz CT molecular complexity index is 1150. The molecule has 10 heteroatoms. The number of hydrogen-bond donors (Lipinski definition) is 2. The fourth-order valence-electron chi connectivity index (χ4n) is 4.01. The van der Waals surface area contributed by atoms with Gasteiger partial charge in [-0.1, -0.05) is 30.3 Å². The lowest BCUT2D eigenvalue weighted by Crippen LogP contribution is -2.42. The molecule has 0 bridgehead atoms. The summed E-state index contributed by atoms with van der Waals surface area (Å²) in [6.45, 7) is 4.67. The SMILES string of the molecule is CN(C)CC(OC(=O)N1Cc2c(NC(=O)c3cn(C)cn3)n[nH]c2C1(C)C)c1ccccc1. The Hall–Kier alpha value is -3.66. The van der Waals surface area contributed by atoms with E-state index in [1.807, 2.05) is 63.2 Å². The maximum atomic E-state index is 13.3. The highest BCUT2D eigenvalue weighted by Gasteiger charge is 2.45. The molecule has 0 fully saturated rings. The second-order valence-electron chi connectivity index (χ2n) is 8.99. The minimum absolute atomic E-state index is 0.263. The van der Waals surface area contributed by atoms with Crippen LogP contribution in [0.5, 0.6) is 0 Å².